The molecule has 3 rings (SSSR count). The van der Waals surface area contributed by atoms with Crippen molar-refractivity contribution in [3.05, 3.63) is 35.9 Å². The van der Waals surface area contributed by atoms with E-state index >= 15 is 0 Å². The molecule has 1 saturated carbocycles. The maximum Gasteiger partial charge on any atom is 0.230 e. The van der Waals surface area contributed by atoms with E-state index in [1.165, 1.54) is 30.2 Å². The van der Waals surface area contributed by atoms with Gasteiger partial charge < -0.3 is 10.2 Å². The standard InChI is InChI=1S/C18H26N6OS/c1-23(2)16(14-8-4-3-5-9-14)12-19-17(25)13-26-18-20-21-22-24(18)15-10-6-7-11-15/h3-5,8-9,15-16H,6-7,10-13H2,1-2H3,(H,19,25). The van der Waals surface area contributed by atoms with E-state index in [1.54, 1.807) is 0 Å². The van der Waals surface area contributed by atoms with Crippen LogP contribution in [0.2, 0.25) is 0 Å². The smallest absolute Gasteiger partial charge is 0.230 e. The molecule has 1 aliphatic rings. The average Bonchev–Trinajstić information content (AvgIpc) is 3.32. The number of benzene rings is 1. The van der Waals surface area contributed by atoms with Crippen LogP contribution in [0.25, 0.3) is 0 Å². The quantitative estimate of drug-likeness (QED) is 0.715. The fourth-order valence-corrected chi connectivity index (χ4v) is 4.10. The number of thioether (sulfide) groups is 1. The van der Waals surface area contributed by atoms with Crippen molar-refractivity contribution < 1.29 is 4.79 Å². The largest absolute Gasteiger partial charge is 0.353 e. The van der Waals surface area contributed by atoms with Gasteiger partial charge in [0, 0.05) is 6.54 Å². The average molecular weight is 375 g/mol. The van der Waals surface area contributed by atoms with Gasteiger partial charge in [-0.25, -0.2) is 4.68 Å². The summed E-state index contributed by atoms with van der Waals surface area (Å²) in [5.74, 6) is 0.320. The predicted molar refractivity (Wildman–Crippen MR) is 102 cm³/mol. The molecule has 1 fully saturated rings. The predicted octanol–water partition coefficient (Wildman–Crippen LogP) is 2.30. The number of nitrogens with zero attached hydrogens (tertiary/aromatic N) is 5. The minimum Gasteiger partial charge on any atom is -0.353 e. The topological polar surface area (TPSA) is 75.9 Å². The Labute approximate surface area is 158 Å². The summed E-state index contributed by atoms with van der Waals surface area (Å²) in [4.78, 5) is 14.4. The van der Waals surface area contributed by atoms with Gasteiger partial charge in [0.1, 0.15) is 0 Å². The van der Waals surface area contributed by atoms with Gasteiger partial charge in [-0.05, 0) is 42.9 Å². The zero-order valence-electron chi connectivity index (χ0n) is 15.3. The number of hydrogen-bond donors (Lipinski definition) is 1. The van der Waals surface area contributed by atoms with Crippen LogP contribution in [-0.4, -0.2) is 57.4 Å². The first-order valence-corrected chi connectivity index (χ1v) is 10.0. The van der Waals surface area contributed by atoms with Crippen LogP contribution in [0.4, 0.5) is 0 Å². The van der Waals surface area contributed by atoms with Gasteiger partial charge in [0.25, 0.3) is 0 Å². The highest BCUT2D eigenvalue weighted by Crippen LogP contribution is 2.31. The minimum atomic E-state index is -0.00115. The number of carbonyl (C=O) groups is 1. The molecule has 0 radical (unpaired) electrons. The first-order valence-electron chi connectivity index (χ1n) is 9.04. The van der Waals surface area contributed by atoms with Crippen molar-refractivity contribution in [2.45, 2.75) is 42.9 Å². The summed E-state index contributed by atoms with van der Waals surface area (Å²) in [7, 11) is 4.04. The van der Waals surface area contributed by atoms with E-state index in [4.69, 9.17) is 0 Å². The summed E-state index contributed by atoms with van der Waals surface area (Å²) in [6.07, 6.45) is 4.68. The van der Waals surface area contributed by atoms with Crippen LogP contribution in [0, 0.1) is 0 Å². The lowest BCUT2D eigenvalue weighted by molar-refractivity contribution is -0.118. The van der Waals surface area contributed by atoms with E-state index in [0.717, 1.165) is 18.0 Å². The number of rotatable bonds is 8. The molecular weight excluding hydrogens is 348 g/mol. The number of carbonyl (C=O) groups excluding carboxylic acids is 1. The van der Waals surface area contributed by atoms with Crippen LogP contribution in [0.15, 0.2) is 35.5 Å². The highest BCUT2D eigenvalue weighted by molar-refractivity contribution is 7.99. The number of likely N-dealkylation sites (N-methyl/N-ethyl adjacent to an activating group) is 1. The Morgan fingerprint density at radius 1 is 1.31 bits per heavy atom. The van der Waals surface area contributed by atoms with Crippen molar-refractivity contribution in [1.82, 2.24) is 30.4 Å². The Bertz CT molecular complexity index is 699. The molecule has 1 aromatic carbocycles. The monoisotopic (exact) mass is 374 g/mol. The molecule has 0 spiro atoms. The third kappa shape index (κ3) is 4.82. The molecule has 1 heterocycles. The van der Waals surface area contributed by atoms with E-state index in [9.17, 15) is 4.79 Å². The Balaban J connectivity index is 1.50. The second-order valence-electron chi connectivity index (χ2n) is 6.83. The van der Waals surface area contributed by atoms with Gasteiger partial charge >= 0.3 is 0 Å². The lowest BCUT2D eigenvalue weighted by Gasteiger charge is -2.25. The number of aromatic nitrogens is 4. The van der Waals surface area contributed by atoms with Gasteiger partial charge in [-0.15, -0.1) is 5.10 Å². The number of tetrazole rings is 1. The molecule has 26 heavy (non-hydrogen) atoms. The molecule has 1 aliphatic carbocycles. The summed E-state index contributed by atoms with van der Waals surface area (Å²) >= 11 is 1.41. The van der Waals surface area contributed by atoms with E-state index in [0.29, 0.717) is 18.3 Å². The lowest BCUT2D eigenvalue weighted by Crippen LogP contribution is -2.35. The van der Waals surface area contributed by atoms with Gasteiger partial charge in [-0.2, -0.15) is 0 Å². The molecule has 0 bridgehead atoms. The summed E-state index contributed by atoms with van der Waals surface area (Å²) in [6, 6.07) is 10.7. The van der Waals surface area contributed by atoms with Gasteiger partial charge in [0.05, 0.1) is 17.8 Å². The second-order valence-corrected chi connectivity index (χ2v) is 7.77. The summed E-state index contributed by atoms with van der Waals surface area (Å²) < 4.78 is 1.89. The normalized spacial score (nSPS) is 16.1. The Hall–Kier alpha value is -1.93. The Morgan fingerprint density at radius 2 is 2.04 bits per heavy atom. The minimum absolute atomic E-state index is 0.00115. The van der Waals surface area contributed by atoms with E-state index < -0.39 is 0 Å². The molecule has 0 saturated heterocycles. The van der Waals surface area contributed by atoms with Gasteiger partial charge in [0.2, 0.25) is 11.1 Å². The molecule has 1 aromatic heterocycles. The van der Waals surface area contributed by atoms with Crippen molar-refractivity contribution in [1.29, 1.82) is 0 Å². The summed E-state index contributed by atoms with van der Waals surface area (Å²) in [6.45, 7) is 0.573. The molecule has 1 amide bonds. The third-order valence-corrected chi connectivity index (χ3v) is 5.70. The Kier molecular flexibility index (Phi) is 6.62. The number of amides is 1. The highest BCUT2D eigenvalue weighted by atomic mass is 32.2. The fourth-order valence-electron chi connectivity index (χ4n) is 3.32. The molecule has 2 aromatic rings. The molecular formula is C18H26N6OS. The lowest BCUT2D eigenvalue weighted by atomic mass is 10.1. The number of nitrogens with one attached hydrogen (secondary N) is 1. The first-order chi connectivity index (χ1) is 12.6. The summed E-state index contributed by atoms with van der Waals surface area (Å²) in [5.41, 5.74) is 1.19. The Morgan fingerprint density at radius 3 is 2.73 bits per heavy atom. The zero-order valence-corrected chi connectivity index (χ0v) is 16.2. The zero-order chi connectivity index (χ0) is 18.4. The fraction of sp³-hybridized carbons (Fsp3) is 0.556. The van der Waals surface area contributed by atoms with Crippen molar-refractivity contribution >= 4 is 17.7 Å². The molecule has 1 unspecified atom stereocenters. The van der Waals surface area contributed by atoms with Crippen LogP contribution in [-0.2, 0) is 4.79 Å². The summed E-state index contributed by atoms with van der Waals surface area (Å²) in [5, 5.41) is 15.7. The maximum atomic E-state index is 12.3. The van der Waals surface area contributed by atoms with Crippen LogP contribution in [0.3, 0.4) is 0 Å². The third-order valence-electron chi connectivity index (χ3n) is 4.77. The SMILES string of the molecule is CN(C)C(CNC(=O)CSc1nnnn1C1CCCC1)c1ccccc1. The van der Waals surface area contributed by atoms with Crippen LogP contribution >= 0.6 is 11.8 Å². The van der Waals surface area contributed by atoms with Gasteiger partial charge in [-0.1, -0.05) is 54.9 Å². The van der Waals surface area contributed by atoms with E-state index in [-0.39, 0.29) is 11.9 Å². The molecule has 140 valence electrons. The molecule has 1 N–H and O–H groups in total. The van der Waals surface area contributed by atoms with Crippen LogP contribution in [0.1, 0.15) is 43.3 Å². The van der Waals surface area contributed by atoms with Crippen molar-refractivity contribution in [3.63, 3.8) is 0 Å². The van der Waals surface area contributed by atoms with E-state index in [1.807, 2.05) is 37.0 Å². The van der Waals surface area contributed by atoms with Crippen LogP contribution in [0.5, 0.6) is 0 Å². The molecule has 8 heteroatoms. The molecule has 0 aliphatic heterocycles. The highest BCUT2D eigenvalue weighted by Gasteiger charge is 2.22. The molecule has 1 atom stereocenters. The van der Waals surface area contributed by atoms with Crippen molar-refractivity contribution in [3.8, 4) is 0 Å². The van der Waals surface area contributed by atoms with Gasteiger partial charge in [0.15, 0.2) is 0 Å². The van der Waals surface area contributed by atoms with Gasteiger partial charge in [-0.3, -0.25) is 4.79 Å². The molecule has 7 nitrogen and oxygen atoms in total. The number of hydrogen-bond acceptors (Lipinski definition) is 6. The van der Waals surface area contributed by atoms with Crippen molar-refractivity contribution in [2.75, 3.05) is 26.4 Å². The van der Waals surface area contributed by atoms with Crippen molar-refractivity contribution in [2.24, 2.45) is 0 Å². The maximum absolute atomic E-state index is 12.3. The first kappa shape index (κ1) is 18.8. The second kappa shape index (κ2) is 9.14. The van der Waals surface area contributed by atoms with Crippen LogP contribution < -0.4 is 5.32 Å². The van der Waals surface area contributed by atoms with E-state index in [2.05, 4.69) is 37.9 Å².